The zero-order valence-corrected chi connectivity index (χ0v) is 10.9. The van der Waals surface area contributed by atoms with Crippen molar-refractivity contribution in [2.45, 2.75) is 19.4 Å². The van der Waals surface area contributed by atoms with Gasteiger partial charge < -0.3 is 15.0 Å². The van der Waals surface area contributed by atoms with E-state index in [4.69, 9.17) is 9.66 Å². The largest absolute Gasteiger partial charge is 0.480 e. The molecular weight excluding hydrogens is 254 g/mol. The second-order valence-corrected chi connectivity index (χ2v) is 5.11. The van der Waals surface area contributed by atoms with Gasteiger partial charge in [-0.25, -0.2) is 4.21 Å². The van der Waals surface area contributed by atoms with Crippen LogP contribution in [-0.2, 0) is 22.3 Å². The Bertz CT molecular complexity index is 436. The summed E-state index contributed by atoms with van der Waals surface area (Å²) in [7, 11) is 0. The molecule has 0 saturated heterocycles. The molecule has 1 aromatic carbocycles. The van der Waals surface area contributed by atoms with Gasteiger partial charge >= 0.3 is 5.97 Å². The molecule has 2 atom stereocenters. The zero-order chi connectivity index (χ0) is 13.5. The quantitative estimate of drug-likeness (QED) is 0.639. The Morgan fingerprint density at radius 1 is 1.50 bits per heavy atom. The molecule has 0 amide bonds. The topological polar surface area (TPSA) is 86.6 Å². The minimum atomic E-state index is -1.90. The zero-order valence-electron chi connectivity index (χ0n) is 10.1. The van der Waals surface area contributed by atoms with Gasteiger partial charge in [0.05, 0.1) is 5.75 Å². The van der Waals surface area contributed by atoms with E-state index in [0.717, 1.165) is 11.1 Å². The summed E-state index contributed by atoms with van der Waals surface area (Å²) in [6.45, 7) is 2.15. The van der Waals surface area contributed by atoms with Gasteiger partial charge in [-0.3, -0.25) is 4.79 Å². The highest BCUT2D eigenvalue weighted by molar-refractivity contribution is 7.79. The Morgan fingerprint density at radius 3 is 2.78 bits per heavy atom. The van der Waals surface area contributed by atoms with Crippen molar-refractivity contribution in [3.8, 4) is 0 Å². The van der Waals surface area contributed by atoms with Gasteiger partial charge in [0.2, 0.25) is 0 Å². The number of hydrogen-bond donors (Lipinski definition) is 3. The Balaban J connectivity index is 2.57. The fraction of sp³-hybridized carbons (Fsp3) is 0.417. The highest BCUT2D eigenvalue weighted by Crippen LogP contribution is 2.07. The Morgan fingerprint density at radius 2 is 2.22 bits per heavy atom. The smallest absolute Gasteiger partial charge is 0.321 e. The van der Waals surface area contributed by atoms with Crippen molar-refractivity contribution < 1.29 is 18.7 Å². The standard InChI is InChI=1S/C12H17NO4S/c1-9-3-2-4-10(7-9)8-11(12(14)15)13-5-6-18(16)17/h2-4,7,11,13H,5-6,8H2,1H3,(H,14,15)(H,16,17)/t11-/m0/s1. The SMILES string of the molecule is Cc1cccc(C[C@H](NCCS(=O)O)C(=O)O)c1. The van der Waals surface area contributed by atoms with E-state index in [0.29, 0.717) is 6.42 Å². The van der Waals surface area contributed by atoms with Crippen LogP contribution in [0.2, 0.25) is 0 Å². The molecule has 3 N–H and O–H groups in total. The van der Waals surface area contributed by atoms with Crippen LogP contribution in [-0.4, -0.2) is 38.2 Å². The summed E-state index contributed by atoms with van der Waals surface area (Å²) in [6, 6.07) is 6.89. The first kappa shape index (κ1) is 14.8. The summed E-state index contributed by atoms with van der Waals surface area (Å²) in [4.78, 5) is 11.1. The van der Waals surface area contributed by atoms with Crippen molar-refractivity contribution in [3.63, 3.8) is 0 Å². The van der Waals surface area contributed by atoms with E-state index in [9.17, 15) is 9.00 Å². The predicted molar refractivity (Wildman–Crippen MR) is 69.9 cm³/mol. The molecule has 0 aliphatic heterocycles. The first-order valence-corrected chi connectivity index (χ1v) is 6.86. The van der Waals surface area contributed by atoms with Crippen LogP contribution < -0.4 is 5.32 Å². The Labute approximate surface area is 109 Å². The molecule has 1 rings (SSSR count). The van der Waals surface area contributed by atoms with E-state index < -0.39 is 23.1 Å². The van der Waals surface area contributed by atoms with Crippen molar-refractivity contribution in [2.75, 3.05) is 12.3 Å². The third-order valence-corrected chi connectivity index (χ3v) is 3.04. The van der Waals surface area contributed by atoms with Gasteiger partial charge in [-0.1, -0.05) is 29.8 Å². The van der Waals surface area contributed by atoms with Crippen LogP contribution in [0.25, 0.3) is 0 Å². The number of aliphatic carboxylic acids is 1. The maximum atomic E-state index is 11.1. The summed E-state index contributed by atoms with van der Waals surface area (Å²) in [5.74, 6) is -0.933. The van der Waals surface area contributed by atoms with Gasteiger partial charge in [0, 0.05) is 6.54 Å². The molecule has 0 spiro atoms. The average molecular weight is 271 g/mol. The Kier molecular flexibility index (Phi) is 5.97. The lowest BCUT2D eigenvalue weighted by atomic mass is 10.0. The molecule has 18 heavy (non-hydrogen) atoms. The van der Waals surface area contributed by atoms with Gasteiger partial charge in [0.25, 0.3) is 0 Å². The van der Waals surface area contributed by atoms with E-state index in [1.165, 1.54) is 0 Å². The van der Waals surface area contributed by atoms with Gasteiger partial charge in [-0.15, -0.1) is 0 Å². The number of benzene rings is 1. The number of nitrogens with one attached hydrogen (secondary N) is 1. The summed E-state index contributed by atoms with van der Waals surface area (Å²) >= 11 is -1.90. The second kappa shape index (κ2) is 7.25. The van der Waals surface area contributed by atoms with Crippen LogP contribution in [0.15, 0.2) is 24.3 Å². The molecule has 0 fully saturated rings. The minimum Gasteiger partial charge on any atom is -0.480 e. The van der Waals surface area contributed by atoms with Crippen molar-refractivity contribution in [2.24, 2.45) is 0 Å². The molecule has 1 aromatic rings. The molecule has 0 heterocycles. The predicted octanol–water partition coefficient (Wildman–Crippen LogP) is 0.802. The highest BCUT2D eigenvalue weighted by Gasteiger charge is 2.17. The van der Waals surface area contributed by atoms with Gasteiger partial charge in [0.1, 0.15) is 6.04 Å². The number of carboxylic acids is 1. The van der Waals surface area contributed by atoms with Crippen molar-refractivity contribution >= 4 is 17.0 Å². The number of carbonyl (C=O) groups is 1. The lowest BCUT2D eigenvalue weighted by Crippen LogP contribution is -2.40. The van der Waals surface area contributed by atoms with Crippen molar-refractivity contribution in [1.82, 2.24) is 5.32 Å². The fourth-order valence-corrected chi connectivity index (χ4v) is 1.93. The molecule has 1 unspecified atom stereocenters. The van der Waals surface area contributed by atoms with E-state index in [1.807, 2.05) is 31.2 Å². The molecule has 100 valence electrons. The number of aryl methyl sites for hydroxylation is 1. The average Bonchev–Trinajstić information content (AvgIpc) is 2.27. The van der Waals surface area contributed by atoms with Crippen LogP contribution in [0.4, 0.5) is 0 Å². The Hall–Kier alpha value is -1.24. The summed E-state index contributed by atoms with van der Waals surface area (Å²) < 4.78 is 19.1. The molecule has 6 heteroatoms. The second-order valence-electron chi connectivity index (χ2n) is 4.06. The molecule has 0 aliphatic carbocycles. The van der Waals surface area contributed by atoms with Crippen molar-refractivity contribution in [3.05, 3.63) is 35.4 Å². The normalized spacial score (nSPS) is 14.1. The molecule has 0 radical (unpaired) electrons. The highest BCUT2D eigenvalue weighted by atomic mass is 32.2. The van der Waals surface area contributed by atoms with Crippen molar-refractivity contribution in [1.29, 1.82) is 0 Å². The summed E-state index contributed by atoms with van der Waals surface area (Å²) in [5, 5.41) is 11.8. The third kappa shape index (κ3) is 5.39. The van der Waals surface area contributed by atoms with Gasteiger partial charge in [-0.2, -0.15) is 0 Å². The van der Waals surface area contributed by atoms with Crippen LogP contribution in [0, 0.1) is 6.92 Å². The molecule has 0 saturated carbocycles. The van der Waals surface area contributed by atoms with E-state index in [1.54, 1.807) is 0 Å². The van der Waals surface area contributed by atoms with E-state index in [-0.39, 0.29) is 12.3 Å². The van der Waals surface area contributed by atoms with Crippen LogP contribution in [0.5, 0.6) is 0 Å². The van der Waals surface area contributed by atoms with Gasteiger partial charge in [0.15, 0.2) is 11.1 Å². The first-order chi connectivity index (χ1) is 8.49. The number of rotatable bonds is 7. The lowest BCUT2D eigenvalue weighted by molar-refractivity contribution is -0.139. The minimum absolute atomic E-state index is 0.0254. The van der Waals surface area contributed by atoms with Crippen LogP contribution in [0.1, 0.15) is 11.1 Å². The van der Waals surface area contributed by atoms with Gasteiger partial charge in [-0.05, 0) is 18.9 Å². The van der Waals surface area contributed by atoms with E-state index >= 15 is 0 Å². The van der Waals surface area contributed by atoms with Crippen LogP contribution in [0.3, 0.4) is 0 Å². The number of carboxylic acid groups (broad SMARTS) is 1. The molecule has 0 aromatic heterocycles. The summed E-state index contributed by atoms with van der Waals surface area (Å²) in [5.41, 5.74) is 2.01. The lowest BCUT2D eigenvalue weighted by Gasteiger charge is -2.14. The number of hydrogen-bond acceptors (Lipinski definition) is 3. The maximum absolute atomic E-state index is 11.1. The van der Waals surface area contributed by atoms with E-state index in [2.05, 4.69) is 5.32 Å². The fourth-order valence-electron chi connectivity index (χ4n) is 1.64. The van der Waals surface area contributed by atoms with Crippen LogP contribution >= 0.6 is 0 Å². The maximum Gasteiger partial charge on any atom is 0.321 e. The molecular formula is C12H17NO4S. The summed E-state index contributed by atoms with van der Waals surface area (Å²) in [6.07, 6.45) is 0.356. The monoisotopic (exact) mass is 271 g/mol. The molecule has 0 aliphatic rings. The molecule has 5 nitrogen and oxygen atoms in total. The first-order valence-electron chi connectivity index (χ1n) is 5.58. The third-order valence-electron chi connectivity index (χ3n) is 2.49. The molecule has 0 bridgehead atoms.